The maximum Gasteiger partial charge on any atom is 0.433 e. The Morgan fingerprint density at radius 1 is 1.29 bits per heavy atom. The van der Waals surface area contributed by atoms with Crippen LogP contribution in [-0.4, -0.2) is 45.5 Å². The number of pyridine rings is 1. The van der Waals surface area contributed by atoms with Crippen LogP contribution < -0.4 is 5.32 Å². The van der Waals surface area contributed by atoms with Gasteiger partial charge in [0.05, 0.1) is 30.5 Å². The van der Waals surface area contributed by atoms with E-state index in [0.717, 1.165) is 25.1 Å². The summed E-state index contributed by atoms with van der Waals surface area (Å²) in [6.07, 6.45) is -1.01. The number of carbonyl (C=O) groups excluding carboxylic acids is 2. The Balaban J connectivity index is 1.64. The van der Waals surface area contributed by atoms with Gasteiger partial charge in [-0.1, -0.05) is 13.0 Å². The minimum atomic E-state index is -4.53. The molecule has 1 fully saturated rings. The van der Waals surface area contributed by atoms with Crippen molar-refractivity contribution in [2.45, 2.75) is 71.4 Å². The van der Waals surface area contributed by atoms with Gasteiger partial charge in [0, 0.05) is 25.3 Å². The number of alkyl halides is 3. The highest BCUT2D eigenvalue weighted by Crippen LogP contribution is 2.31. The van der Waals surface area contributed by atoms with E-state index in [9.17, 15) is 22.8 Å². The Kier molecular flexibility index (Phi) is 6.71. The van der Waals surface area contributed by atoms with Crippen molar-refractivity contribution in [3.63, 3.8) is 0 Å². The fourth-order valence-corrected chi connectivity index (χ4v) is 4.91. The molecule has 0 aliphatic carbocycles. The van der Waals surface area contributed by atoms with Crippen molar-refractivity contribution in [3.05, 3.63) is 52.1 Å². The summed E-state index contributed by atoms with van der Waals surface area (Å²) >= 11 is 0. The average molecular weight is 479 g/mol. The van der Waals surface area contributed by atoms with Gasteiger partial charge in [-0.3, -0.25) is 14.6 Å². The van der Waals surface area contributed by atoms with Crippen molar-refractivity contribution in [2.24, 2.45) is 0 Å². The van der Waals surface area contributed by atoms with Gasteiger partial charge < -0.3 is 19.5 Å². The van der Waals surface area contributed by atoms with Crippen LogP contribution in [0.3, 0.4) is 0 Å². The molecule has 0 aromatic carbocycles. The van der Waals surface area contributed by atoms with E-state index in [4.69, 9.17) is 4.74 Å². The van der Waals surface area contributed by atoms with Gasteiger partial charge in [0.1, 0.15) is 11.4 Å². The van der Waals surface area contributed by atoms with Crippen molar-refractivity contribution in [3.8, 4) is 0 Å². The van der Waals surface area contributed by atoms with E-state index < -0.39 is 17.9 Å². The lowest BCUT2D eigenvalue weighted by Crippen LogP contribution is -2.36. The van der Waals surface area contributed by atoms with E-state index in [0.29, 0.717) is 54.2 Å². The lowest BCUT2D eigenvalue weighted by Gasteiger charge is -2.24. The number of ether oxygens (including phenoxy) is 1. The zero-order chi connectivity index (χ0) is 24.6. The molecule has 2 aromatic rings. The summed E-state index contributed by atoms with van der Waals surface area (Å²) in [5.74, 6) is -0.462. The third kappa shape index (κ3) is 4.43. The van der Waals surface area contributed by atoms with Crippen molar-refractivity contribution in [1.29, 1.82) is 0 Å². The molecule has 1 saturated heterocycles. The zero-order valence-electron chi connectivity index (χ0n) is 19.5. The zero-order valence-corrected chi connectivity index (χ0v) is 19.5. The normalized spacial score (nSPS) is 19.1. The van der Waals surface area contributed by atoms with Gasteiger partial charge in [0.25, 0.3) is 11.8 Å². The van der Waals surface area contributed by atoms with Crippen molar-refractivity contribution < 1.29 is 27.5 Å². The molecule has 2 aliphatic heterocycles. The van der Waals surface area contributed by atoms with Gasteiger partial charge in [-0.25, -0.2) is 0 Å². The first-order valence-corrected chi connectivity index (χ1v) is 11.6. The molecular formula is C24H29F3N4O3. The fourth-order valence-electron chi connectivity index (χ4n) is 4.91. The highest BCUT2D eigenvalue weighted by Gasteiger charge is 2.35. The number of rotatable bonds is 5. The molecular weight excluding hydrogens is 449 g/mol. The van der Waals surface area contributed by atoms with E-state index in [1.807, 2.05) is 23.3 Å². The molecule has 0 saturated carbocycles. The maximum atomic E-state index is 13.4. The minimum absolute atomic E-state index is 0.0799. The van der Waals surface area contributed by atoms with E-state index in [1.165, 1.54) is 6.07 Å². The van der Waals surface area contributed by atoms with E-state index in [1.54, 1.807) is 6.92 Å². The first kappa shape index (κ1) is 24.3. The van der Waals surface area contributed by atoms with Crippen LogP contribution in [0.15, 0.2) is 18.3 Å². The Hall–Kier alpha value is -2.88. The lowest BCUT2D eigenvalue weighted by molar-refractivity contribution is -0.141. The summed E-state index contributed by atoms with van der Waals surface area (Å²) in [4.78, 5) is 32.2. The molecule has 184 valence electrons. The van der Waals surface area contributed by atoms with Gasteiger partial charge in [0.15, 0.2) is 0 Å². The number of likely N-dealkylation sites (tertiary alicyclic amines) is 1. The second-order valence-electron chi connectivity index (χ2n) is 8.90. The van der Waals surface area contributed by atoms with Crippen molar-refractivity contribution in [2.75, 3.05) is 13.2 Å². The lowest BCUT2D eigenvalue weighted by atomic mass is 10.0. The fraction of sp³-hybridized carbons (Fsp3) is 0.542. The Morgan fingerprint density at radius 3 is 2.65 bits per heavy atom. The standard InChI is InChI=1S/C24H29F3N4O3/c1-4-17(16-7-8-19(28-12-16)24(25,26)27)29-22(32)20-15(3)21(31-10-11-34-13-18(20)31)23(33)30-9-5-6-14(30)2/h7-8,12,14,17H,4-6,9-11,13H2,1-3H3,(H,29,32)/t14-,17+/m0/s1. The number of amides is 2. The first-order chi connectivity index (χ1) is 16.1. The molecule has 7 nitrogen and oxygen atoms in total. The number of fused-ring (bicyclic) bond motifs is 1. The number of hydrogen-bond acceptors (Lipinski definition) is 4. The SMILES string of the molecule is CC[C@@H](NC(=O)c1c(C)c(C(=O)N2CCC[C@@H]2C)n2c1COCC2)c1ccc(C(F)(F)F)nc1. The third-order valence-electron chi connectivity index (χ3n) is 6.75. The van der Waals surface area contributed by atoms with Crippen LogP contribution in [0.1, 0.15) is 82.5 Å². The maximum absolute atomic E-state index is 13.4. The molecule has 34 heavy (non-hydrogen) atoms. The molecule has 4 rings (SSSR count). The number of hydrogen-bond donors (Lipinski definition) is 1. The van der Waals surface area contributed by atoms with Gasteiger partial charge in [-0.2, -0.15) is 13.2 Å². The number of carbonyl (C=O) groups is 2. The number of nitrogens with one attached hydrogen (secondary N) is 1. The van der Waals surface area contributed by atoms with Crippen LogP contribution >= 0.6 is 0 Å². The monoisotopic (exact) mass is 478 g/mol. The second-order valence-corrected chi connectivity index (χ2v) is 8.90. The van der Waals surface area contributed by atoms with E-state index in [2.05, 4.69) is 10.3 Å². The average Bonchev–Trinajstić information content (AvgIpc) is 3.36. The number of nitrogens with zero attached hydrogens (tertiary/aromatic N) is 3. The van der Waals surface area contributed by atoms with Crippen LogP contribution in [-0.2, 0) is 24.1 Å². The van der Waals surface area contributed by atoms with Crippen LogP contribution in [0.5, 0.6) is 0 Å². The highest BCUT2D eigenvalue weighted by molar-refractivity contribution is 6.03. The molecule has 1 N–H and O–H groups in total. The van der Waals surface area contributed by atoms with E-state index in [-0.39, 0.29) is 24.5 Å². The summed E-state index contributed by atoms with van der Waals surface area (Å²) in [6, 6.07) is 1.86. The van der Waals surface area contributed by atoms with Crippen LogP contribution in [0.2, 0.25) is 0 Å². The van der Waals surface area contributed by atoms with Gasteiger partial charge in [-0.05, 0) is 50.3 Å². The molecule has 0 spiro atoms. The minimum Gasteiger partial charge on any atom is -0.373 e. The summed E-state index contributed by atoms with van der Waals surface area (Å²) in [5, 5.41) is 2.93. The Morgan fingerprint density at radius 2 is 2.06 bits per heavy atom. The van der Waals surface area contributed by atoms with E-state index >= 15 is 0 Å². The predicted octanol–water partition coefficient (Wildman–Crippen LogP) is 4.25. The van der Waals surface area contributed by atoms with Gasteiger partial charge >= 0.3 is 6.18 Å². The van der Waals surface area contributed by atoms with Gasteiger partial charge in [-0.15, -0.1) is 0 Å². The molecule has 0 unspecified atom stereocenters. The molecule has 0 bridgehead atoms. The van der Waals surface area contributed by atoms with Crippen LogP contribution in [0.4, 0.5) is 13.2 Å². The smallest absolute Gasteiger partial charge is 0.373 e. The molecule has 2 aromatic heterocycles. The molecule has 4 heterocycles. The summed E-state index contributed by atoms with van der Waals surface area (Å²) in [6.45, 7) is 7.47. The molecule has 2 atom stereocenters. The summed E-state index contributed by atoms with van der Waals surface area (Å²) < 4.78 is 46.1. The molecule has 2 amide bonds. The summed E-state index contributed by atoms with van der Waals surface area (Å²) in [7, 11) is 0. The quantitative estimate of drug-likeness (QED) is 0.697. The molecule has 0 radical (unpaired) electrons. The van der Waals surface area contributed by atoms with Crippen molar-refractivity contribution >= 4 is 11.8 Å². The Labute approximate surface area is 196 Å². The highest BCUT2D eigenvalue weighted by atomic mass is 19.4. The number of aromatic nitrogens is 2. The van der Waals surface area contributed by atoms with Gasteiger partial charge in [0.2, 0.25) is 0 Å². The molecule has 2 aliphatic rings. The first-order valence-electron chi connectivity index (χ1n) is 11.6. The second kappa shape index (κ2) is 9.40. The largest absolute Gasteiger partial charge is 0.433 e. The predicted molar refractivity (Wildman–Crippen MR) is 118 cm³/mol. The number of halogens is 3. The van der Waals surface area contributed by atoms with Crippen molar-refractivity contribution in [1.82, 2.24) is 19.8 Å². The third-order valence-corrected chi connectivity index (χ3v) is 6.75. The Bertz CT molecular complexity index is 1080. The van der Waals surface area contributed by atoms with Crippen LogP contribution in [0.25, 0.3) is 0 Å². The van der Waals surface area contributed by atoms with Crippen LogP contribution in [0, 0.1) is 6.92 Å². The molecule has 10 heteroatoms. The topological polar surface area (TPSA) is 76.5 Å². The summed E-state index contributed by atoms with van der Waals surface area (Å²) in [5.41, 5.74) is 1.66.